The van der Waals surface area contributed by atoms with Gasteiger partial charge in [-0.25, -0.2) is 9.59 Å². The Kier molecular flexibility index (Phi) is 6.23. The van der Waals surface area contributed by atoms with Crippen LogP contribution in [-0.2, 0) is 19.1 Å². The summed E-state index contributed by atoms with van der Waals surface area (Å²) in [5.74, 6) is -0.841. The first-order valence-corrected chi connectivity index (χ1v) is 6.72. The fourth-order valence-corrected chi connectivity index (χ4v) is 1.88. The minimum atomic E-state index is -0.693. The van der Waals surface area contributed by atoms with E-state index in [0.29, 0.717) is 11.4 Å². The lowest BCUT2D eigenvalue weighted by atomic mass is 10.1. The second-order valence-corrected chi connectivity index (χ2v) is 4.80. The minimum absolute atomic E-state index is 0.0520. The van der Waals surface area contributed by atoms with Crippen LogP contribution < -0.4 is 10.1 Å². The number of hydrogen-bond acceptors (Lipinski definition) is 6. The van der Waals surface area contributed by atoms with Crippen molar-refractivity contribution in [3.8, 4) is 5.75 Å². The zero-order valence-electron chi connectivity index (χ0n) is 12.2. The van der Waals surface area contributed by atoms with E-state index in [2.05, 4.69) is 30.7 Å². The van der Waals surface area contributed by atoms with Crippen LogP contribution in [0, 0.1) is 6.92 Å². The first-order chi connectivity index (χ1) is 9.94. The van der Waals surface area contributed by atoms with Crippen molar-refractivity contribution >= 4 is 33.6 Å². The van der Waals surface area contributed by atoms with Crippen molar-refractivity contribution in [1.82, 2.24) is 0 Å². The lowest BCUT2D eigenvalue weighted by Crippen LogP contribution is -2.16. The fourth-order valence-electron chi connectivity index (χ4n) is 1.55. The predicted octanol–water partition coefficient (Wildman–Crippen LogP) is 2.41. The molecule has 0 radical (unpaired) electrons. The Hall–Kier alpha value is -2.02. The number of carbonyl (C=O) groups is 2. The van der Waals surface area contributed by atoms with E-state index in [1.807, 2.05) is 13.0 Å². The summed E-state index contributed by atoms with van der Waals surface area (Å²) in [6.45, 7) is 1.84. The third-order valence-electron chi connectivity index (χ3n) is 2.71. The number of nitrogens with one attached hydrogen (secondary N) is 1. The van der Waals surface area contributed by atoms with Crippen LogP contribution in [0.3, 0.4) is 0 Å². The lowest BCUT2D eigenvalue weighted by Gasteiger charge is -2.16. The second kappa shape index (κ2) is 7.68. The van der Waals surface area contributed by atoms with Gasteiger partial charge in [0.05, 0.1) is 33.1 Å². The predicted molar refractivity (Wildman–Crippen MR) is 81.2 cm³/mol. The largest absolute Gasteiger partial charge is 0.495 e. The van der Waals surface area contributed by atoms with E-state index in [1.165, 1.54) is 21.3 Å². The van der Waals surface area contributed by atoms with E-state index >= 15 is 0 Å². The first-order valence-electron chi connectivity index (χ1n) is 5.92. The average Bonchev–Trinajstić information content (AvgIpc) is 2.50. The van der Waals surface area contributed by atoms with Gasteiger partial charge in [-0.1, -0.05) is 15.9 Å². The Morgan fingerprint density at radius 2 is 1.86 bits per heavy atom. The molecule has 1 rings (SSSR count). The minimum Gasteiger partial charge on any atom is -0.495 e. The average molecular weight is 358 g/mol. The highest BCUT2D eigenvalue weighted by molar-refractivity contribution is 9.10. The summed E-state index contributed by atoms with van der Waals surface area (Å²) in [5.41, 5.74) is 1.31. The standard InChI is InChI=1S/C14H16BrNO5/c1-8-9(15)5-6-11(19-2)13(8)16-10(14(18)21-4)7-12(17)20-3/h5-7,16H,1-4H3/b10-7+. The molecule has 0 unspecified atom stereocenters. The van der Waals surface area contributed by atoms with Crippen LogP contribution >= 0.6 is 15.9 Å². The van der Waals surface area contributed by atoms with Crippen LogP contribution in [0.5, 0.6) is 5.75 Å². The van der Waals surface area contributed by atoms with Gasteiger partial charge in [0.25, 0.3) is 0 Å². The Labute approximate surface area is 131 Å². The van der Waals surface area contributed by atoms with Gasteiger partial charge in [-0.3, -0.25) is 0 Å². The highest BCUT2D eigenvalue weighted by Gasteiger charge is 2.17. The van der Waals surface area contributed by atoms with E-state index in [1.54, 1.807) is 6.07 Å². The number of hydrogen-bond donors (Lipinski definition) is 1. The van der Waals surface area contributed by atoms with Crippen molar-refractivity contribution in [2.24, 2.45) is 0 Å². The van der Waals surface area contributed by atoms with Gasteiger partial charge in [0.2, 0.25) is 0 Å². The normalized spacial score (nSPS) is 10.8. The van der Waals surface area contributed by atoms with Crippen molar-refractivity contribution < 1.29 is 23.8 Å². The third kappa shape index (κ3) is 4.22. The zero-order chi connectivity index (χ0) is 16.0. The molecular weight excluding hydrogens is 342 g/mol. The van der Waals surface area contributed by atoms with Crippen LogP contribution in [0.2, 0.25) is 0 Å². The number of benzene rings is 1. The van der Waals surface area contributed by atoms with E-state index in [0.717, 1.165) is 16.1 Å². The zero-order valence-corrected chi connectivity index (χ0v) is 13.7. The Bertz CT molecular complexity index is 583. The molecule has 1 aromatic carbocycles. The molecule has 0 aliphatic heterocycles. The van der Waals surface area contributed by atoms with E-state index in [-0.39, 0.29) is 5.70 Å². The summed E-state index contributed by atoms with van der Waals surface area (Å²) in [5, 5.41) is 2.85. The molecule has 0 saturated heterocycles. The summed E-state index contributed by atoms with van der Waals surface area (Å²) in [6.07, 6.45) is 1.02. The molecule has 1 N–H and O–H groups in total. The fraction of sp³-hybridized carbons (Fsp3) is 0.286. The number of anilines is 1. The van der Waals surface area contributed by atoms with Crippen LogP contribution in [0.4, 0.5) is 5.69 Å². The molecule has 6 nitrogen and oxygen atoms in total. The summed E-state index contributed by atoms with van der Waals surface area (Å²) < 4.78 is 15.2. The maximum atomic E-state index is 11.8. The molecule has 0 atom stereocenters. The highest BCUT2D eigenvalue weighted by atomic mass is 79.9. The molecule has 1 aromatic rings. The van der Waals surface area contributed by atoms with E-state index in [4.69, 9.17) is 4.74 Å². The monoisotopic (exact) mass is 357 g/mol. The number of rotatable bonds is 5. The Morgan fingerprint density at radius 3 is 2.38 bits per heavy atom. The molecule has 7 heteroatoms. The third-order valence-corrected chi connectivity index (χ3v) is 3.57. The second-order valence-electron chi connectivity index (χ2n) is 3.95. The topological polar surface area (TPSA) is 73.9 Å². The summed E-state index contributed by atoms with van der Waals surface area (Å²) >= 11 is 3.40. The molecule has 114 valence electrons. The molecule has 0 aliphatic rings. The molecular formula is C14H16BrNO5. The van der Waals surface area contributed by atoms with Gasteiger partial charge in [-0.15, -0.1) is 0 Å². The van der Waals surface area contributed by atoms with Crippen molar-refractivity contribution in [3.05, 3.63) is 33.9 Å². The Balaban J connectivity index is 3.27. The van der Waals surface area contributed by atoms with Crippen LogP contribution in [0.15, 0.2) is 28.4 Å². The van der Waals surface area contributed by atoms with Crippen LogP contribution in [-0.4, -0.2) is 33.3 Å². The Morgan fingerprint density at radius 1 is 1.19 bits per heavy atom. The molecule has 0 fully saturated rings. The van der Waals surface area contributed by atoms with Gasteiger partial charge in [-0.05, 0) is 24.6 Å². The number of halogens is 1. The number of ether oxygens (including phenoxy) is 3. The van der Waals surface area contributed by atoms with Crippen molar-refractivity contribution in [2.75, 3.05) is 26.6 Å². The number of carbonyl (C=O) groups excluding carboxylic acids is 2. The maximum absolute atomic E-state index is 11.8. The van der Waals surface area contributed by atoms with Crippen LogP contribution in [0.1, 0.15) is 5.56 Å². The van der Waals surface area contributed by atoms with Crippen LogP contribution in [0.25, 0.3) is 0 Å². The van der Waals surface area contributed by atoms with Gasteiger partial charge in [0, 0.05) is 4.47 Å². The van der Waals surface area contributed by atoms with Crippen molar-refractivity contribution in [1.29, 1.82) is 0 Å². The van der Waals surface area contributed by atoms with Gasteiger partial charge in [-0.2, -0.15) is 0 Å². The molecule has 21 heavy (non-hydrogen) atoms. The van der Waals surface area contributed by atoms with E-state index in [9.17, 15) is 9.59 Å². The summed E-state index contributed by atoms with van der Waals surface area (Å²) in [6, 6.07) is 3.55. The van der Waals surface area contributed by atoms with Crippen molar-refractivity contribution in [2.45, 2.75) is 6.92 Å². The van der Waals surface area contributed by atoms with Gasteiger partial charge in [0.15, 0.2) is 0 Å². The van der Waals surface area contributed by atoms with E-state index < -0.39 is 11.9 Å². The molecule has 0 aliphatic carbocycles. The molecule has 0 bridgehead atoms. The number of esters is 2. The molecule has 0 spiro atoms. The highest BCUT2D eigenvalue weighted by Crippen LogP contribution is 2.34. The SMILES string of the molecule is COC(=O)/C=C(/Nc1c(OC)ccc(Br)c1C)C(=O)OC. The molecule has 0 amide bonds. The molecule has 0 heterocycles. The smallest absolute Gasteiger partial charge is 0.354 e. The molecule has 0 aromatic heterocycles. The van der Waals surface area contributed by atoms with Gasteiger partial charge >= 0.3 is 11.9 Å². The maximum Gasteiger partial charge on any atom is 0.354 e. The lowest BCUT2D eigenvalue weighted by molar-refractivity contribution is -0.138. The quantitative estimate of drug-likeness (QED) is 0.644. The van der Waals surface area contributed by atoms with Gasteiger partial charge < -0.3 is 19.5 Å². The van der Waals surface area contributed by atoms with Crippen molar-refractivity contribution in [3.63, 3.8) is 0 Å². The molecule has 0 saturated carbocycles. The summed E-state index contributed by atoms with van der Waals surface area (Å²) in [4.78, 5) is 23.1. The van der Waals surface area contributed by atoms with Gasteiger partial charge in [0.1, 0.15) is 11.4 Å². The summed E-state index contributed by atoms with van der Waals surface area (Å²) in [7, 11) is 3.95. The number of methoxy groups -OCH3 is 3. The first kappa shape index (κ1) is 17.0.